The molecule has 0 saturated heterocycles. The smallest absolute Gasteiger partial charge is 0.796 e. The number of rotatable bonds is 15. The first-order valence-electron chi connectivity index (χ1n) is 11.2. The van der Waals surface area contributed by atoms with Gasteiger partial charge in [-0.1, -0.05) is 23.4 Å². The molecule has 0 aliphatic rings. The number of alkyl halides is 2. The second-order valence-electron chi connectivity index (χ2n) is 6.82. The summed E-state index contributed by atoms with van der Waals surface area (Å²) in [7, 11) is -5.52. The fourth-order valence-corrected chi connectivity index (χ4v) is 4.03. The zero-order valence-electron chi connectivity index (χ0n) is 23.3. The van der Waals surface area contributed by atoms with Crippen LogP contribution >= 0.6 is 89.8 Å². The Morgan fingerprint density at radius 2 is 1.05 bits per heavy atom. The minimum absolute atomic E-state index is 0. The number of halogens is 5. The van der Waals surface area contributed by atoms with Crippen LogP contribution in [0.2, 0.25) is 0 Å². The molecule has 0 fully saturated rings. The topological polar surface area (TPSA) is 129 Å². The molecule has 0 bridgehead atoms. The van der Waals surface area contributed by atoms with Gasteiger partial charge in [-0.25, -0.2) is 16.8 Å². The second-order valence-corrected chi connectivity index (χ2v) is 28.8. The summed E-state index contributed by atoms with van der Waals surface area (Å²) < 4.78 is 41.6. The number of hydrogen-bond donors (Lipinski definition) is 3. The first-order chi connectivity index (χ1) is 17.2. The van der Waals surface area contributed by atoms with E-state index in [4.69, 9.17) is 26.9 Å². The molecule has 39 heavy (non-hydrogen) atoms. The van der Waals surface area contributed by atoms with Crippen LogP contribution < -0.4 is 29.6 Å². The normalized spacial score (nSPS) is 9.59. The van der Waals surface area contributed by atoms with E-state index in [1.807, 2.05) is 11.8 Å². The van der Waals surface area contributed by atoms with Gasteiger partial charge in [-0.3, -0.25) is 0 Å². The average Bonchev–Trinajstić information content (AvgIpc) is 2.79. The molecule has 0 aromatic rings. The van der Waals surface area contributed by atoms with E-state index in [9.17, 15) is 16.8 Å². The summed E-state index contributed by atoms with van der Waals surface area (Å²) in [5.74, 6) is 2.35. The first-order valence-corrected chi connectivity index (χ1v) is 26.5. The van der Waals surface area contributed by atoms with E-state index in [2.05, 4.69) is 81.3 Å². The van der Waals surface area contributed by atoms with Crippen molar-refractivity contribution in [1.29, 1.82) is 0 Å². The first kappa shape index (κ1) is 62.0. The van der Waals surface area contributed by atoms with Crippen molar-refractivity contribution in [3.63, 3.8) is 0 Å². The Bertz CT molecular complexity index is 540. The van der Waals surface area contributed by atoms with Gasteiger partial charge >= 0.3 is 29.6 Å². The van der Waals surface area contributed by atoms with Gasteiger partial charge in [-0.05, 0) is 110 Å². The fourth-order valence-electron chi connectivity index (χ4n) is 1.50. The molecule has 0 spiro atoms. The number of sulfone groups is 2. The minimum Gasteiger partial charge on any atom is -0.796 e. The van der Waals surface area contributed by atoms with Crippen molar-refractivity contribution in [3.8, 4) is 0 Å². The maximum atomic E-state index is 10.5. The number of hydrogen-bond acceptors (Lipinski definition) is 9. The standard InChI is InChI=1S/C5H11BrO2S.C5H12O3S.C5H12OS.C4H9ClO.CH4S.CH4.Br3P.Na/c2*1-9(7,8)5-3-2-4-6;1-7-5-3-2-4-6;5-3-1-2-4-6;1-2;;1-4(2)3;/h2-5H2,1H3;6H,2-5H2,1H3;6H,2-5H2,1H3;6H,1-4H2;2H,1H3;1H4;;/q;;;;;;;+1/p-1. The van der Waals surface area contributed by atoms with E-state index < -0.39 is 19.7 Å². The van der Waals surface area contributed by atoms with E-state index >= 15 is 0 Å². The molecule has 0 aliphatic carbocycles. The number of aliphatic hydroxyl groups is 3. The summed E-state index contributed by atoms with van der Waals surface area (Å²) in [5.41, 5.74) is 0. The molecule has 7 nitrogen and oxygen atoms in total. The number of aliphatic hydroxyl groups excluding tert-OH is 3. The maximum absolute atomic E-state index is 10.5. The van der Waals surface area contributed by atoms with E-state index in [1.54, 1.807) is 6.26 Å². The number of unbranched alkanes of at least 4 members (excludes halogenated alkanes) is 4. The van der Waals surface area contributed by atoms with Gasteiger partial charge < -0.3 is 27.9 Å². The Morgan fingerprint density at radius 3 is 1.28 bits per heavy atom. The van der Waals surface area contributed by atoms with E-state index in [0.717, 1.165) is 43.9 Å². The number of thioether (sulfide) groups is 1. The Morgan fingerprint density at radius 1 is 0.744 bits per heavy atom. The molecular formula is C21H51Br4ClNaO7PS4. The van der Waals surface area contributed by atoms with Gasteiger partial charge in [0.25, 0.3) is 0 Å². The van der Waals surface area contributed by atoms with Gasteiger partial charge in [0.05, 0.1) is 0 Å². The summed E-state index contributed by atoms with van der Waals surface area (Å²) in [6.07, 6.45) is 12.8. The van der Waals surface area contributed by atoms with Crippen molar-refractivity contribution in [2.45, 2.75) is 58.8 Å². The SMILES string of the molecule is BrP(Br)Br.C.CS(=O)(=O)CCCCBr.CS(=O)(=O)CCCCO.CSCCCCO.C[S-].OCCCCCl.[Na+]. The van der Waals surface area contributed by atoms with E-state index in [1.165, 1.54) is 18.3 Å². The third kappa shape index (κ3) is 127. The monoisotopic (exact) mass is 948 g/mol. The molecule has 3 N–H and O–H groups in total. The van der Waals surface area contributed by atoms with Crippen molar-refractivity contribution in [1.82, 2.24) is 0 Å². The fraction of sp³-hybridized carbons (Fsp3) is 1.00. The van der Waals surface area contributed by atoms with Crippen molar-refractivity contribution < 1.29 is 61.7 Å². The zero-order valence-corrected chi connectivity index (χ0v) is 36.5. The minimum atomic E-state index is -2.81. The summed E-state index contributed by atoms with van der Waals surface area (Å²) >= 11 is 23.9. The van der Waals surface area contributed by atoms with Crippen LogP contribution in [-0.2, 0) is 32.3 Å². The maximum Gasteiger partial charge on any atom is 1.00 e. The van der Waals surface area contributed by atoms with Gasteiger partial charge in [0.15, 0.2) is 0 Å². The molecule has 0 amide bonds. The molecule has 0 saturated carbocycles. The third-order valence-electron chi connectivity index (χ3n) is 3.12. The van der Waals surface area contributed by atoms with Crippen molar-refractivity contribution in [3.05, 3.63) is 0 Å². The van der Waals surface area contributed by atoms with Crippen LogP contribution in [0.15, 0.2) is 0 Å². The molecule has 0 unspecified atom stereocenters. The third-order valence-corrected chi connectivity index (χ3v) is 6.71. The summed E-state index contributed by atoms with van der Waals surface area (Å²) in [6.45, 7) is 0.697. The predicted molar refractivity (Wildman–Crippen MR) is 194 cm³/mol. The van der Waals surface area contributed by atoms with Crippen LogP contribution in [0, 0.1) is 0 Å². The van der Waals surface area contributed by atoms with Gasteiger partial charge in [0.2, 0.25) is 0 Å². The van der Waals surface area contributed by atoms with Gasteiger partial charge in [0, 0.05) is 55.0 Å². The molecule has 0 rings (SSSR count). The molecule has 18 heteroatoms. The zero-order chi connectivity index (χ0) is 30.6. The summed E-state index contributed by atoms with van der Waals surface area (Å²) in [4.78, 5) is 0. The molecule has 0 radical (unpaired) electrons. The molecule has 0 aromatic heterocycles. The van der Waals surface area contributed by atoms with Crippen molar-refractivity contribution in [2.24, 2.45) is 0 Å². The quantitative estimate of drug-likeness (QED) is 0.0724. The molecule has 0 aromatic carbocycles. The Labute approximate surface area is 312 Å². The largest absolute Gasteiger partial charge is 1.00 e. The molecule has 0 heterocycles. The summed E-state index contributed by atoms with van der Waals surface area (Å²) in [6, 6.07) is 0. The van der Waals surface area contributed by atoms with Crippen LogP contribution in [-0.4, -0.2) is 105 Å². The Kier molecular flexibility index (Phi) is 86.8. The summed E-state index contributed by atoms with van der Waals surface area (Å²) in [5, 5.41) is 25.6. The molecule has 0 atom stereocenters. The Balaban J connectivity index is -0.0000000509. The van der Waals surface area contributed by atoms with Crippen molar-refractivity contribution >= 4 is 122 Å². The predicted octanol–water partition coefficient (Wildman–Crippen LogP) is 4.33. The molecule has 242 valence electrons. The van der Waals surface area contributed by atoms with Crippen LogP contribution in [0.4, 0.5) is 0 Å². The van der Waals surface area contributed by atoms with Crippen LogP contribution in [0.3, 0.4) is 0 Å². The van der Waals surface area contributed by atoms with Crippen molar-refractivity contribution in [2.75, 3.05) is 73.3 Å². The molecular weight excluding hydrogens is 902 g/mol. The van der Waals surface area contributed by atoms with Crippen LogP contribution in [0.1, 0.15) is 58.8 Å². The molecule has 0 aliphatic heterocycles. The van der Waals surface area contributed by atoms with Gasteiger partial charge in [0.1, 0.15) is 23.7 Å². The second kappa shape index (κ2) is 54.6. The van der Waals surface area contributed by atoms with Crippen LogP contribution in [0.5, 0.6) is 0 Å². The Hall–Kier alpha value is 4.12. The van der Waals surface area contributed by atoms with E-state index in [-0.39, 0.29) is 60.0 Å². The van der Waals surface area contributed by atoms with Crippen LogP contribution in [0.25, 0.3) is 0 Å². The van der Waals surface area contributed by atoms with E-state index in [0.29, 0.717) is 31.1 Å². The van der Waals surface area contributed by atoms with Gasteiger partial charge in [-0.15, -0.1) is 11.6 Å². The van der Waals surface area contributed by atoms with Gasteiger partial charge in [-0.2, -0.15) is 18.0 Å². The average molecular weight is 953 g/mol.